The molecule has 1 heterocycles. The number of carbonyl (C=O) groups is 1. The number of nitrogens with zero attached hydrogens (tertiary/aromatic N) is 1. The van der Waals surface area contributed by atoms with Gasteiger partial charge in [-0.1, -0.05) is 0 Å². The Morgan fingerprint density at radius 1 is 1.62 bits per heavy atom. The molecule has 0 saturated carbocycles. The Morgan fingerprint density at radius 3 is 2.88 bits per heavy atom. The molecular formula is C10H14N2O4. The molecular weight excluding hydrogens is 212 g/mol. The Labute approximate surface area is 92.7 Å². The van der Waals surface area contributed by atoms with E-state index in [4.69, 9.17) is 10.5 Å². The lowest BCUT2D eigenvalue weighted by molar-refractivity contribution is -0.121. The summed E-state index contributed by atoms with van der Waals surface area (Å²) in [6.45, 7) is 0. The van der Waals surface area contributed by atoms with Crippen molar-refractivity contribution in [3.8, 4) is 5.75 Å². The van der Waals surface area contributed by atoms with Crippen LogP contribution in [0.3, 0.4) is 0 Å². The molecule has 1 aromatic heterocycles. The van der Waals surface area contributed by atoms with Gasteiger partial charge in [-0.3, -0.25) is 9.78 Å². The number of amides is 1. The van der Waals surface area contributed by atoms with Gasteiger partial charge in [-0.25, -0.2) is 0 Å². The van der Waals surface area contributed by atoms with E-state index >= 15 is 0 Å². The Bertz CT molecular complexity index is 370. The van der Waals surface area contributed by atoms with Gasteiger partial charge in [0.15, 0.2) is 0 Å². The summed E-state index contributed by atoms with van der Waals surface area (Å²) in [6, 6.07) is 1.55. The number of primary amides is 1. The van der Waals surface area contributed by atoms with Crippen molar-refractivity contribution in [3.05, 3.63) is 24.0 Å². The first-order chi connectivity index (χ1) is 7.56. The molecule has 0 aromatic carbocycles. The third kappa shape index (κ3) is 2.91. The van der Waals surface area contributed by atoms with Crippen LogP contribution in [0.4, 0.5) is 0 Å². The van der Waals surface area contributed by atoms with Crippen LogP contribution in [0.5, 0.6) is 5.75 Å². The first-order valence-electron chi connectivity index (χ1n) is 4.68. The van der Waals surface area contributed by atoms with E-state index in [0.717, 1.165) is 0 Å². The summed E-state index contributed by atoms with van der Waals surface area (Å²) in [5.74, 6) is -0.291. The van der Waals surface area contributed by atoms with Crippen molar-refractivity contribution in [2.24, 2.45) is 5.73 Å². The van der Waals surface area contributed by atoms with Crippen LogP contribution in [0.1, 0.15) is 18.1 Å². The van der Waals surface area contributed by atoms with Crippen molar-refractivity contribution >= 4 is 5.91 Å². The maximum atomic E-state index is 10.6. The van der Waals surface area contributed by atoms with Crippen LogP contribution < -0.4 is 10.5 Å². The highest BCUT2D eigenvalue weighted by Gasteiger charge is 2.23. The van der Waals surface area contributed by atoms with Gasteiger partial charge in [-0.05, 0) is 6.07 Å². The standard InChI is InChI=1S/C10H14N2O4/c1-16-8-2-3-12-5-6(8)10(15)7(13)4-9(11)14/h2-3,5,7,10,13,15H,4H2,1H3,(H2,11,14). The number of aliphatic hydroxyl groups excluding tert-OH is 2. The quantitative estimate of drug-likeness (QED) is 0.619. The van der Waals surface area contributed by atoms with Crippen molar-refractivity contribution in [1.82, 2.24) is 4.98 Å². The average Bonchev–Trinajstić information content (AvgIpc) is 2.27. The van der Waals surface area contributed by atoms with Crippen LogP contribution in [0, 0.1) is 0 Å². The van der Waals surface area contributed by atoms with Crippen LogP contribution in [0.15, 0.2) is 18.5 Å². The Balaban J connectivity index is 2.86. The first-order valence-corrected chi connectivity index (χ1v) is 4.68. The van der Waals surface area contributed by atoms with E-state index in [0.29, 0.717) is 11.3 Å². The SMILES string of the molecule is COc1ccncc1C(O)C(O)CC(N)=O. The van der Waals surface area contributed by atoms with Gasteiger partial charge in [0, 0.05) is 18.0 Å². The van der Waals surface area contributed by atoms with Crippen molar-refractivity contribution in [2.45, 2.75) is 18.6 Å². The number of methoxy groups -OCH3 is 1. The average molecular weight is 226 g/mol. The lowest BCUT2D eigenvalue weighted by Gasteiger charge is -2.18. The van der Waals surface area contributed by atoms with Gasteiger partial charge in [0.2, 0.25) is 5.91 Å². The van der Waals surface area contributed by atoms with Crippen molar-refractivity contribution in [1.29, 1.82) is 0 Å². The molecule has 0 aliphatic carbocycles. The molecule has 0 aliphatic heterocycles. The third-order valence-corrected chi connectivity index (χ3v) is 2.12. The number of pyridine rings is 1. The molecule has 0 saturated heterocycles. The summed E-state index contributed by atoms with van der Waals surface area (Å²) >= 11 is 0. The fourth-order valence-corrected chi connectivity index (χ4v) is 1.33. The summed E-state index contributed by atoms with van der Waals surface area (Å²) < 4.78 is 4.99. The lowest BCUT2D eigenvalue weighted by atomic mass is 10.0. The number of rotatable bonds is 5. The molecule has 6 nitrogen and oxygen atoms in total. The van der Waals surface area contributed by atoms with Gasteiger partial charge in [0.1, 0.15) is 11.9 Å². The fraction of sp³-hybridized carbons (Fsp3) is 0.400. The molecule has 0 bridgehead atoms. The van der Waals surface area contributed by atoms with Gasteiger partial charge in [0.25, 0.3) is 0 Å². The van der Waals surface area contributed by atoms with Gasteiger partial charge >= 0.3 is 0 Å². The maximum absolute atomic E-state index is 10.6. The Morgan fingerprint density at radius 2 is 2.31 bits per heavy atom. The Hall–Kier alpha value is -1.66. The Kier molecular flexibility index (Phi) is 4.21. The highest BCUT2D eigenvalue weighted by molar-refractivity contribution is 5.74. The zero-order valence-electron chi connectivity index (χ0n) is 8.83. The largest absolute Gasteiger partial charge is 0.496 e. The molecule has 2 unspecified atom stereocenters. The lowest BCUT2D eigenvalue weighted by Crippen LogP contribution is -2.26. The normalized spacial score (nSPS) is 14.2. The van der Waals surface area contributed by atoms with Gasteiger partial charge in [-0.2, -0.15) is 0 Å². The number of aromatic nitrogens is 1. The zero-order valence-corrected chi connectivity index (χ0v) is 8.83. The van der Waals surface area contributed by atoms with E-state index in [2.05, 4.69) is 4.98 Å². The topological polar surface area (TPSA) is 106 Å². The van der Waals surface area contributed by atoms with Crippen LogP contribution in [-0.2, 0) is 4.79 Å². The predicted molar refractivity (Wildman–Crippen MR) is 55.6 cm³/mol. The van der Waals surface area contributed by atoms with Crippen molar-refractivity contribution < 1.29 is 19.7 Å². The minimum atomic E-state index is -1.27. The number of hydrogen-bond donors (Lipinski definition) is 3. The number of hydrogen-bond acceptors (Lipinski definition) is 5. The smallest absolute Gasteiger partial charge is 0.220 e. The van der Waals surface area contributed by atoms with E-state index in [1.807, 2.05) is 0 Å². The number of ether oxygens (including phenoxy) is 1. The van der Waals surface area contributed by atoms with Gasteiger partial charge < -0.3 is 20.7 Å². The summed E-state index contributed by atoms with van der Waals surface area (Å²) in [6.07, 6.45) is 0.0226. The summed E-state index contributed by atoms with van der Waals surface area (Å²) in [7, 11) is 1.44. The summed E-state index contributed by atoms with van der Waals surface area (Å²) in [5, 5.41) is 19.3. The molecule has 0 radical (unpaired) electrons. The number of aliphatic hydroxyl groups is 2. The molecule has 0 spiro atoms. The van der Waals surface area contributed by atoms with Crippen molar-refractivity contribution in [3.63, 3.8) is 0 Å². The van der Waals surface area contributed by atoms with Gasteiger partial charge in [0.05, 0.1) is 19.6 Å². The first kappa shape index (κ1) is 12.4. The monoisotopic (exact) mass is 226 g/mol. The minimum Gasteiger partial charge on any atom is -0.496 e. The summed E-state index contributed by atoms with van der Waals surface area (Å²) in [5.41, 5.74) is 5.24. The van der Waals surface area contributed by atoms with E-state index < -0.39 is 18.1 Å². The molecule has 16 heavy (non-hydrogen) atoms. The van der Waals surface area contributed by atoms with E-state index in [1.54, 1.807) is 6.07 Å². The fourth-order valence-electron chi connectivity index (χ4n) is 1.33. The molecule has 1 amide bonds. The van der Waals surface area contributed by atoms with E-state index in [-0.39, 0.29) is 6.42 Å². The van der Waals surface area contributed by atoms with E-state index in [1.165, 1.54) is 19.5 Å². The second-order valence-corrected chi connectivity index (χ2v) is 3.30. The molecule has 0 fully saturated rings. The molecule has 6 heteroatoms. The molecule has 0 aliphatic rings. The van der Waals surface area contributed by atoms with Crippen LogP contribution in [-0.4, -0.2) is 34.3 Å². The molecule has 88 valence electrons. The molecule has 1 aromatic rings. The van der Waals surface area contributed by atoms with Crippen LogP contribution >= 0.6 is 0 Å². The minimum absolute atomic E-state index is 0.318. The van der Waals surface area contributed by atoms with Crippen molar-refractivity contribution in [2.75, 3.05) is 7.11 Å². The highest BCUT2D eigenvalue weighted by Crippen LogP contribution is 2.26. The summed E-state index contributed by atoms with van der Waals surface area (Å²) in [4.78, 5) is 14.4. The molecule has 1 rings (SSSR count). The second kappa shape index (κ2) is 5.43. The molecule has 4 N–H and O–H groups in total. The highest BCUT2D eigenvalue weighted by atomic mass is 16.5. The van der Waals surface area contributed by atoms with Gasteiger partial charge in [-0.15, -0.1) is 0 Å². The third-order valence-electron chi connectivity index (χ3n) is 2.12. The second-order valence-electron chi connectivity index (χ2n) is 3.30. The number of nitrogens with two attached hydrogens (primary N) is 1. The maximum Gasteiger partial charge on any atom is 0.220 e. The van der Waals surface area contributed by atoms with Crippen LogP contribution in [0.2, 0.25) is 0 Å². The van der Waals surface area contributed by atoms with Crippen LogP contribution in [0.25, 0.3) is 0 Å². The zero-order chi connectivity index (χ0) is 12.1. The molecule has 2 atom stereocenters. The number of carbonyl (C=O) groups excluding carboxylic acids is 1. The predicted octanol–water partition coefficient (Wildman–Crippen LogP) is -0.640. The van der Waals surface area contributed by atoms with E-state index in [9.17, 15) is 15.0 Å².